The second-order valence-corrected chi connectivity index (χ2v) is 4.39. The summed E-state index contributed by atoms with van der Waals surface area (Å²) in [6.45, 7) is 1.45. The molecule has 96 valence electrons. The third-order valence-corrected chi connectivity index (χ3v) is 3.04. The molecule has 5 nitrogen and oxygen atoms in total. The predicted octanol–water partition coefficient (Wildman–Crippen LogP) is 1.84. The molecule has 0 aliphatic carbocycles. The van der Waals surface area contributed by atoms with Crippen molar-refractivity contribution < 1.29 is 0 Å². The van der Waals surface area contributed by atoms with E-state index in [4.69, 9.17) is 5.73 Å². The minimum absolute atomic E-state index is 0.658. The fourth-order valence-electron chi connectivity index (χ4n) is 2.10. The van der Waals surface area contributed by atoms with Gasteiger partial charge in [0.15, 0.2) is 0 Å². The van der Waals surface area contributed by atoms with Crippen molar-refractivity contribution in [1.82, 2.24) is 20.0 Å². The first-order chi connectivity index (χ1) is 9.38. The molecule has 19 heavy (non-hydrogen) atoms. The van der Waals surface area contributed by atoms with Crippen molar-refractivity contribution in [2.24, 2.45) is 5.73 Å². The number of para-hydroxylation sites is 1. The van der Waals surface area contributed by atoms with E-state index < -0.39 is 0 Å². The second-order valence-electron chi connectivity index (χ2n) is 4.39. The predicted molar refractivity (Wildman–Crippen MR) is 74.4 cm³/mol. The van der Waals surface area contributed by atoms with Gasteiger partial charge in [0.2, 0.25) is 0 Å². The van der Waals surface area contributed by atoms with E-state index in [9.17, 15) is 0 Å². The van der Waals surface area contributed by atoms with Gasteiger partial charge < -0.3 is 5.73 Å². The molecule has 5 heteroatoms. The molecule has 0 unspecified atom stereocenters. The summed E-state index contributed by atoms with van der Waals surface area (Å²) in [5, 5.41) is 9.45. The van der Waals surface area contributed by atoms with Gasteiger partial charge in [0.25, 0.3) is 0 Å². The number of nitrogens with zero attached hydrogens (tertiary/aromatic N) is 4. The molecule has 0 saturated heterocycles. The summed E-state index contributed by atoms with van der Waals surface area (Å²) in [6, 6.07) is 10.1. The topological polar surface area (TPSA) is 69.6 Å². The molecule has 0 aliphatic heterocycles. The number of benzene rings is 1. The van der Waals surface area contributed by atoms with Gasteiger partial charge in [-0.2, -0.15) is 0 Å². The number of aromatic nitrogens is 4. The van der Waals surface area contributed by atoms with Crippen molar-refractivity contribution >= 4 is 10.9 Å². The number of hydrogen-bond acceptors (Lipinski definition) is 4. The Hall–Kier alpha value is -2.27. The van der Waals surface area contributed by atoms with Gasteiger partial charge >= 0.3 is 0 Å². The van der Waals surface area contributed by atoms with Crippen LogP contribution in [0.2, 0.25) is 0 Å². The molecule has 0 atom stereocenters. The van der Waals surface area contributed by atoms with E-state index in [1.807, 2.05) is 41.2 Å². The van der Waals surface area contributed by atoms with E-state index in [2.05, 4.69) is 15.3 Å². The van der Waals surface area contributed by atoms with Crippen molar-refractivity contribution in [3.8, 4) is 11.3 Å². The van der Waals surface area contributed by atoms with E-state index in [1.54, 1.807) is 6.20 Å². The monoisotopic (exact) mass is 253 g/mol. The molecule has 0 radical (unpaired) electrons. The van der Waals surface area contributed by atoms with Crippen molar-refractivity contribution in [3.63, 3.8) is 0 Å². The number of hydrogen-bond donors (Lipinski definition) is 1. The standard InChI is InChI=1S/C14H15N5/c15-7-3-9-19-10-13(17-18-19)12-6-1-4-11-5-2-8-16-14(11)12/h1-2,4-6,8,10H,3,7,9,15H2. The Morgan fingerprint density at radius 1 is 1.16 bits per heavy atom. The number of pyridine rings is 1. The molecule has 2 aromatic heterocycles. The first-order valence-corrected chi connectivity index (χ1v) is 6.33. The first-order valence-electron chi connectivity index (χ1n) is 6.33. The van der Waals surface area contributed by atoms with Gasteiger partial charge in [0.1, 0.15) is 5.69 Å². The zero-order valence-electron chi connectivity index (χ0n) is 10.5. The van der Waals surface area contributed by atoms with Crippen LogP contribution in [0.5, 0.6) is 0 Å². The molecule has 0 aliphatic rings. The van der Waals surface area contributed by atoms with Gasteiger partial charge in [-0.15, -0.1) is 5.10 Å². The molecule has 2 heterocycles. The molecule has 0 amide bonds. The summed E-state index contributed by atoms with van der Waals surface area (Å²) in [6.07, 6.45) is 4.64. The van der Waals surface area contributed by atoms with E-state index in [0.717, 1.165) is 35.1 Å². The average molecular weight is 253 g/mol. The van der Waals surface area contributed by atoms with E-state index in [0.29, 0.717) is 6.54 Å². The molecule has 3 rings (SSSR count). The second kappa shape index (κ2) is 5.16. The number of aryl methyl sites for hydroxylation is 1. The largest absolute Gasteiger partial charge is 0.330 e. The third kappa shape index (κ3) is 2.32. The molecule has 0 bridgehead atoms. The Bertz CT molecular complexity index is 684. The number of nitrogens with two attached hydrogens (primary N) is 1. The van der Waals surface area contributed by atoms with Crippen LogP contribution >= 0.6 is 0 Å². The molecule has 0 saturated carbocycles. The fraction of sp³-hybridized carbons (Fsp3) is 0.214. The zero-order chi connectivity index (χ0) is 13.1. The minimum atomic E-state index is 0.658. The number of fused-ring (bicyclic) bond motifs is 1. The van der Waals surface area contributed by atoms with E-state index in [1.165, 1.54) is 0 Å². The Kier molecular flexibility index (Phi) is 3.20. The zero-order valence-corrected chi connectivity index (χ0v) is 10.5. The summed E-state index contributed by atoms with van der Waals surface area (Å²) >= 11 is 0. The smallest absolute Gasteiger partial charge is 0.115 e. The summed E-state index contributed by atoms with van der Waals surface area (Å²) in [7, 11) is 0. The van der Waals surface area contributed by atoms with Gasteiger partial charge in [0, 0.05) is 23.7 Å². The lowest BCUT2D eigenvalue weighted by Gasteiger charge is -2.01. The van der Waals surface area contributed by atoms with Crippen molar-refractivity contribution in [3.05, 3.63) is 42.7 Å². The summed E-state index contributed by atoms with van der Waals surface area (Å²) in [5.41, 5.74) is 8.31. The van der Waals surface area contributed by atoms with E-state index >= 15 is 0 Å². The van der Waals surface area contributed by atoms with E-state index in [-0.39, 0.29) is 0 Å². The molecular weight excluding hydrogens is 238 g/mol. The lowest BCUT2D eigenvalue weighted by atomic mass is 10.1. The fourth-order valence-corrected chi connectivity index (χ4v) is 2.10. The normalized spacial score (nSPS) is 11.0. The molecule has 0 fully saturated rings. The summed E-state index contributed by atoms with van der Waals surface area (Å²) in [4.78, 5) is 4.43. The highest BCUT2D eigenvalue weighted by molar-refractivity contribution is 5.92. The van der Waals surface area contributed by atoms with Gasteiger partial charge in [-0.25, -0.2) is 0 Å². The maximum Gasteiger partial charge on any atom is 0.115 e. The number of rotatable bonds is 4. The molecule has 1 aromatic carbocycles. The maximum absolute atomic E-state index is 5.50. The van der Waals surface area contributed by atoms with Crippen molar-refractivity contribution in [2.45, 2.75) is 13.0 Å². The highest BCUT2D eigenvalue weighted by Gasteiger charge is 2.08. The Balaban J connectivity index is 2.02. The van der Waals surface area contributed by atoms with Crippen LogP contribution in [0.3, 0.4) is 0 Å². The highest BCUT2D eigenvalue weighted by Crippen LogP contribution is 2.24. The van der Waals surface area contributed by atoms with Crippen LogP contribution in [0.1, 0.15) is 6.42 Å². The summed E-state index contributed by atoms with van der Waals surface area (Å²) in [5.74, 6) is 0. The molecule has 3 aromatic rings. The van der Waals surface area contributed by atoms with Crippen LogP contribution in [0.4, 0.5) is 0 Å². The third-order valence-electron chi connectivity index (χ3n) is 3.04. The molecule has 0 spiro atoms. The van der Waals surface area contributed by atoms with Gasteiger partial charge in [-0.3, -0.25) is 9.67 Å². The Morgan fingerprint density at radius 2 is 2.05 bits per heavy atom. The van der Waals surface area contributed by atoms with Crippen LogP contribution < -0.4 is 5.73 Å². The molecular formula is C14H15N5. The van der Waals surface area contributed by atoms with Crippen molar-refractivity contribution in [2.75, 3.05) is 6.54 Å². The average Bonchev–Trinajstić information content (AvgIpc) is 2.93. The van der Waals surface area contributed by atoms with Gasteiger partial charge in [-0.05, 0) is 19.0 Å². The minimum Gasteiger partial charge on any atom is -0.330 e. The lowest BCUT2D eigenvalue weighted by Crippen LogP contribution is -2.06. The summed E-state index contributed by atoms with van der Waals surface area (Å²) < 4.78 is 1.82. The Labute approximate surface area is 111 Å². The van der Waals surface area contributed by atoms with Crippen LogP contribution in [-0.4, -0.2) is 26.5 Å². The van der Waals surface area contributed by atoms with Crippen LogP contribution in [0, 0.1) is 0 Å². The Morgan fingerprint density at radius 3 is 2.95 bits per heavy atom. The lowest BCUT2D eigenvalue weighted by molar-refractivity contribution is 0.564. The van der Waals surface area contributed by atoms with Crippen LogP contribution in [0.25, 0.3) is 22.2 Å². The SMILES string of the molecule is NCCCn1cc(-c2cccc3cccnc23)nn1. The molecule has 2 N–H and O–H groups in total. The van der Waals surface area contributed by atoms with Crippen LogP contribution in [-0.2, 0) is 6.54 Å². The quantitative estimate of drug-likeness (QED) is 0.770. The highest BCUT2D eigenvalue weighted by atomic mass is 15.4. The van der Waals surface area contributed by atoms with Gasteiger partial charge in [-0.1, -0.05) is 29.5 Å². The first kappa shape index (κ1) is 11.8. The van der Waals surface area contributed by atoms with Gasteiger partial charge in [0.05, 0.1) is 11.7 Å². The maximum atomic E-state index is 5.50. The van der Waals surface area contributed by atoms with Crippen molar-refractivity contribution in [1.29, 1.82) is 0 Å². The van der Waals surface area contributed by atoms with Crippen LogP contribution in [0.15, 0.2) is 42.7 Å².